The van der Waals surface area contributed by atoms with Crippen LogP contribution in [0.1, 0.15) is 83.9 Å². The SMILES string of the molecule is COc1ccc2c(c1)c(CC(=O)NCCNC(=O)CN1CCN(CC(=O)OC(C)(C)C)CCN(CC(=O)OC(C)(C)C)CCN(CC(=O)OC(C)(C)C)CC1)c(C)n2C(=O)c1ccc(Cl)cc1. The molecule has 0 radical (unpaired) electrons. The molecule has 0 spiro atoms. The summed E-state index contributed by atoms with van der Waals surface area (Å²) in [5.41, 5.74) is 0.339. The van der Waals surface area contributed by atoms with Crippen LogP contribution < -0.4 is 15.4 Å². The summed E-state index contributed by atoms with van der Waals surface area (Å²) < 4.78 is 24.0. The Labute approximate surface area is 400 Å². The number of methoxy groups -OCH3 is 1. The van der Waals surface area contributed by atoms with Crippen LogP contribution in [0.3, 0.4) is 0 Å². The van der Waals surface area contributed by atoms with Gasteiger partial charge in [-0.3, -0.25) is 52.9 Å². The van der Waals surface area contributed by atoms with Crippen LogP contribution in [0.5, 0.6) is 5.75 Å². The summed E-state index contributed by atoms with van der Waals surface area (Å²) in [5, 5.41) is 7.03. The number of benzene rings is 2. The van der Waals surface area contributed by atoms with E-state index < -0.39 is 16.8 Å². The van der Waals surface area contributed by atoms with Crippen molar-refractivity contribution in [2.75, 3.05) is 98.7 Å². The largest absolute Gasteiger partial charge is 0.497 e. The number of amides is 2. The third kappa shape index (κ3) is 18.9. The molecule has 2 amide bonds. The number of ether oxygens (including phenoxy) is 4. The third-order valence-electron chi connectivity index (χ3n) is 10.6. The van der Waals surface area contributed by atoms with Gasteiger partial charge in [-0.05, 0) is 117 Å². The maximum atomic E-state index is 13.7. The maximum Gasteiger partial charge on any atom is 0.320 e. The fourth-order valence-electron chi connectivity index (χ4n) is 7.56. The first kappa shape index (κ1) is 54.5. The average Bonchev–Trinajstić information content (AvgIpc) is 3.47. The van der Waals surface area contributed by atoms with E-state index in [1.54, 1.807) is 55.0 Å². The molecule has 18 heteroatoms. The van der Waals surface area contributed by atoms with E-state index in [0.29, 0.717) is 90.9 Å². The zero-order chi connectivity index (χ0) is 49.7. The molecule has 67 heavy (non-hydrogen) atoms. The first-order chi connectivity index (χ1) is 31.3. The Morgan fingerprint density at radius 2 is 0.985 bits per heavy atom. The maximum absolute atomic E-state index is 13.7. The van der Waals surface area contributed by atoms with Crippen molar-refractivity contribution in [3.63, 3.8) is 0 Å². The van der Waals surface area contributed by atoms with Gasteiger partial charge in [0.1, 0.15) is 22.6 Å². The number of nitrogens with one attached hydrogen (secondary N) is 2. The normalized spacial score (nSPS) is 15.5. The lowest BCUT2D eigenvalue weighted by Gasteiger charge is -2.34. The van der Waals surface area contributed by atoms with Crippen LogP contribution in [-0.4, -0.2) is 175 Å². The van der Waals surface area contributed by atoms with Crippen molar-refractivity contribution in [3.05, 3.63) is 64.3 Å². The Hall–Kier alpha value is -5.07. The van der Waals surface area contributed by atoms with E-state index in [1.807, 2.05) is 88.0 Å². The van der Waals surface area contributed by atoms with Gasteiger partial charge < -0.3 is 29.6 Å². The second-order valence-corrected chi connectivity index (χ2v) is 20.3. The minimum atomic E-state index is -0.681. The van der Waals surface area contributed by atoms with Crippen molar-refractivity contribution < 1.29 is 47.7 Å². The van der Waals surface area contributed by atoms with E-state index in [4.69, 9.17) is 30.5 Å². The Kier molecular flexibility index (Phi) is 19.8. The summed E-state index contributed by atoms with van der Waals surface area (Å²) in [6, 6.07) is 12.0. The molecule has 2 aromatic carbocycles. The highest BCUT2D eigenvalue weighted by Crippen LogP contribution is 2.31. The summed E-state index contributed by atoms with van der Waals surface area (Å²) in [7, 11) is 1.55. The van der Waals surface area contributed by atoms with Gasteiger partial charge >= 0.3 is 17.9 Å². The van der Waals surface area contributed by atoms with E-state index in [9.17, 15) is 28.8 Å². The zero-order valence-corrected chi connectivity index (χ0v) is 42.1. The topological polar surface area (TPSA) is 181 Å². The number of hydrogen-bond acceptors (Lipinski definition) is 14. The smallest absolute Gasteiger partial charge is 0.320 e. The fraction of sp³-hybridized carbons (Fsp3) is 0.592. The lowest BCUT2D eigenvalue weighted by Crippen LogP contribution is -2.50. The van der Waals surface area contributed by atoms with E-state index >= 15 is 0 Å². The number of carbonyl (C=O) groups is 6. The van der Waals surface area contributed by atoms with Gasteiger partial charge in [-0.15, -0.1) is 0 Å². The van der Waals surface area contributed by atoms with Crippen molar-refractivity contribution in [2.24, 2.45) is 0 Å². The quantitative estimate of drug-likeness (QED) is 0.125. The van der Waals surface area contributed by atoms with Gasteiger partial charge in [0, 0.05) is 87.1 Å². The summed E-state index contributed by atoms with van der Waals surface area (Å²) in [6.45, 7) is 21.8. The van der Waals surface area contributed by atoms with Crippen LogP contribution in [0.2, 0.25) is 5.02 Å². The van der Waals surface area contributed by atoms with Crippen LogP contribution in [-0.2, 0) is 44.6 Å². The van der Waals surface area contributed by atoms with Crippen molar-refractivity contribution in [1.82, 2.24) is 34.8 Å². The summed E-state index contributed by atoms with van der Waals surface area (Å²) in [6.07, 6.45) is -0.0174. The predicted molar refractivity (Wildman–Crippen MR) is 257 cm³/mol. The number of aromatic nitrogens is 1. The first-order valence-corrected chi connectivity index (χ1v) is 23.2. The highest BCUT2D eigenvalue weighted by Gasteiger charge is 2.27. The molecule has 1 aliphatic rings. The number of hydrogen-bond donors (Lipinski definition) is 2. The van der Waals surface area contributed by atoms with Crippen LogP contribution in [0.25, 0.3) is 10.9 Å². The number of carbonyl (C=O) groups excluding carboxylic acids is 6. The third-order valence-corrected chi connectivity index (χ3v) is 10.8. The highest BCUT2D eigenvalue weighted by atomic mass is 35.5. The van der Waals surface area contributed by atoms with Gasteiger partial charge in [0.25, 0.3) is 5.91 Å². The van der Waals surface area contributed by atoms with Crippen LogP contribution in [0.4, 0.5) is 0 Å². The molecule has 0 unspecified atom stereocenters. The molecular formula is C49H72ClN7O10. The molecular weight excluding hydrogens is 882 g/mol. The van der Waals surface area contributed by atoms with Crippen LogP contribution >= 0.6 is 11.6 Å². The second kappa shape index (κ2) is 24.3. The summed E-state index contributed by atoms with van der Waals surface area (Å²) in [4.78, 5) is 87.7. The predicted octanol–water partition coefficient (Wildman–Crippen LogP) is 4.32. The van der Waals surface area contributed by atoms with Gasteiger partial charge in [0.2, 0.25) is 11.8 Å². The summed E-state index contributed by atoms with van der Waals surface area (Å²) in [5.74, 6) is -1.39. The second-order valence-electron chi connectivity index (χ2n) is 19.8. The molecule has 0 atom stereocenters. The van der Waals surface area contributed by atoms with Gasteiger partial charge in [-0.2, -0.15) is 0 Å². The number of esters is 3. The van der Waals surface area contributed by atoms with E-state index in [-0.39, 0.29) is 81.3 Å². The van der Waals surface area contributed by atoms with Crippen LogP contribution in [0.15, 0.2) is 42.5 Å². The van der Waals surface area contributed by atoms with Gasteiger partial charge in [-0.25, -0.2) is 0 Å². The minimum Gasteiger partial charge on any atom is -0.497 e. The van der Waals surface area contributed by atoms with Gasteiger partial charge in [0.05, 0.1) is 45.2 Å². The molecule has 0 aliphatic carbocycles. The molecule has 1 aromatic heterocycles. The van der Waals surface area contributed by atoms with Crippen molar-refractivity contribution in [1.29, 1.82) is 0 Å². The molecule has 370 valence electrons. The Morgan fingerprint density at radius 3 is 1.39 bits per heavy atom. The van der Waals surface area contributed by atoms with E-state index in [2.05, 4.69) is 10.6 Å². The zero-order valence-electron chi connectivity index (χ0n) is 41.3. The lowest BCUT2D eigenvalue weighted by molar-refractivity contribution is -0.158. The van der Waals surface area contributed by atoms with Gasteiger partial charge in [0.15, 0.2) is 0 Å². The molecule has 1 aliphatic heterocycles. The average molecular weight is 955 g/mol. The van der Waals surface area contributed by atoms with E-state index in [0.717, 1.165) is 0 Å². The van der Waals surface area contributed by atoms with Crippen molar-refractivity contribution >= 4 is 58.1 Å². The molecule has 1 saturated heterocycles. The Balaban J connectivity index is 1.44. The molecule has 17 nitrogen and oxygen atoms in total. The van der Waals surface area contributed by atoms with Crippen LogP contribution in [0, 0.1) is 6.92 Å². The van der Waals surface area contributed by atoms with E-state index in [1.165, 1.54) is 0 Å². The first-order valence-electron chi connectivity index (χ1n) is 22.9. The number of halogens is 1. The lowest BCUT2D eigenvalue weighted by atomic mass is 10.1. The number of nitrogens with zero attached hydrogens (tertiary/aromatic N) is 5. The monoisotopic (exact) mass is 954 g/mol. The fourth-order valence-corrected chi connectivity index (χ4v) is 7.69. The Morgan fingerprint density at radius 1 is 0.582 bits per heavy atom. The molecule has 2 heterocycles. The van der Waals surface area contributed by atoms with Gasteiger partial charge in [-0.1, -0.05) is 11.6 Å². The van der Waals surface area contributed by atoms with Crippen molar-refractivity contribution in [2.45, 2.75) is 92.5 Å². The molecule has 3 aromatic rings. The highest BCUT2D eigenvalue weighted by molar-refractivity contribution is 6.30. The number of fused-ring (bicyclic) bond motifs is 1. The van der Waals surface area contributed by atoms with Crippen molar-refractivity contribution in [3.8, 4) is 5.75 Å². The molecule has 4 rings (SSSR count). The molecule has 2 N–H and O–H groups in total. The minimum absolute atomic E-state index is 0.00823. The standard InChI is InChI=1S/C49H72ClN7O10/c1-34-38(39-28-37(64-11)16-17-40(39)57(34)46(63)35-12-14-36(50)15-13-35)29-41(58)51-18-19-52-42(59)30-53-20-22-54(31-43(60)65-47(2,3)4)24-26-56(33-45(62)67-49(8,9)10)27-25-55(23-21-53)32-44(61)66-48(5,6)7/h12-17,28H,18-27,29-33H2,1-11H3,(H,51,58)(H,52,59). The Bertz CT molecular complexity index is 2140. The molecule has 1 fully saturated rings. The molecule has 0 bridgehead atoms. The summed E-state index contributed by atoms with van der Waals surface area (Å²) >= 11 is 6.08. The molecule has 0 saturated carbocycles. The number of rotatable bonds is 15.